The van der Waals surface area contributed by atoms with Crippen molar-refractivity contribution in [2.75, 3.05) is 23.0 Å². The topological polar surface area (TPSA) is 127 Å². The van der Waals surface area contributed by atoms with Crippen molar-refractivity contribution in [3.05, 3.63) is 11.1 Å². The van der Waals surface area contributed by atoms with E-state index in [1.54, 1.807) is 21.9 Å². The first-order valence-electron chi connectivity index (χ1n) is 19.9. The summed E-state index contributed by atoms with van der Waals surface area (Å²) in [5.41, 5.74) is 3.58. The first kappa shape index (κ1) is 44.7. The molecule has 8 nitrogen and oxygen atoms in total. The lowest BCUT2D eigenvalue weighted by Crippen LogP contribution is -2.55. The number of fused-ring (bicyclic) bond motifs is 4. The normalized spacial score (nSPS) is 30.6. The van der Waals surface area contributed by atoms with E-state index in [0.29, 0.717) is 53.1 Å². The molecule has 53 heavy (non-hydrogen) atoms. The molecule has 4 rings (SSSR count). The molecule has 0 heterocycles. The molecule has 2 N–H and O–H groups in total. The molecule has 2 fully saturated rings. The number of allylic oxidation sites excluding steroid dienone is 2. The van der Waals surface area contributed by atoms with Crippen molar-refractivity contribution >= 4 is 67.1 Å². The molecular weight excluding hydrogens is 749 g/mol. The van der Waals surface area contributed by atoms with Crippen LogP contribution in [0.1, 0.15) is 151 Å². The van der Waals surface area contributed by atoms with Gasteiger partial charge in [-0.15, -0.1) is 0 Å². The third-order valence-electron chi connectivity index (χ3n) is 13.9. The van der Waals surface area contributed by atoms with Crippen LogP contribution in [0.2, 0.25) is 0 Å². The SMILES string of the molecule is CC(C)(CCCCC1CC[C@@]2(C)C3=C(CCC12C)C1(C)CCC(OC(=O)CCSSCCC(=O)O)C(C)(C)C1CC3)OC(=O)CCSSCCC(=O)O. The van der Waals surface area contributed by atoms with E-state index in [1.807, 2.05) is 13.8 Å². The zero-order valence-corrected chi connectivity index (χ0v) is 36.6. The summed E-state index contributed by atoms with van der Waals surface area (Å²) in [7, 11) is 6.08. The minimum absolute atomic E-state index is 0.0753. The highest BCUT2D eigenvalue weighted by atomic mass is 33.1. The van der Waals surface area contributed by atoms with Crippen molar-refractivity contribution in [1.82, 2.24) is 0 Å². The zero-order valence-electron chi connectivity index (χ0n) is 33.4. The molecule has 0 bridgehead atoms. The number of esters is 2. The fourth-order valence-electron chi connectivity index (χ4n) is 10.8. The third-order valence-corrected chi connectivity index (χ3v) is 18.7. The van der Waals surface area contributed by atoms with Crippen LogP contribution in [-0.4, -0.2) is 68.8 Å². The van der Waals surface area contributed by atoms with Gasteiger partial charge in [0.1, 0.15) is 11.7 Å². The van der Waals surface area contributed by atoms with Gasteiger partial charge in [-0.25, -0.2) is 0 Å². The minimum Gasteiger partial charge on any atom is -0.481 e. The number of hydrogen-bond donors (Lipinski definition) is 2. The van der Waals surface area contributed by atoms with Crippen molar-refractivity contribution < 1.29 is 38.9 Å². The van der Waals surface area contributed by atoms with Crippen molar-refractivity contribution in [2.24, 2.45) is 33.5 Å². The molecule has 0 aromatic heterocycles. The van der Waals surface area contributed by atoms with Gasteiger partial charge in [0, 0.05) is 28.4 Å². The van der Waals surface area contributed by atoms with Crippen LogP contribution in [0, 0.1) is 33.5 Å². The van der Waals surface area contributed by atoms with Crippen LogP contribution < -0.4 is 0 Å². The summed E-state index contributed by atoms with van der Waals surface area (Å²) in [6.07, 6.45) is 14.4. The van der Waals surface area contributed by atoms with E-state index in [2.05, 4.69) is 34.6 Å². The fraction of sp³-hybridized carbons (Fsp3) is 0.854. The van der Waals surface area contributed by atoms with E-state index in [1.165, 1.54) is 64.5 Å². The van der Waals surface area contributed by atoms with Crippen molar-refractivity contribution in [2.45, 2.75) is 163 Å². The summed E-state index contributed by atoms with van der Waals surface area (Å²) >= 11 is 0. The van der Waals surface area contributed by atoms with Crippen molar-refractivity contribution in [1.29, 1.82) is 0 Å². The summed E-state index contributed by atoms with van der Waals surface area (Å²) < 4.78 is 12.1. The quantitative estimate of drug-likeness (QED) is 0.0495. The largest absolute Gasteiger partial charge is 0.481 e. The molecule has 0 aliphatic heterocycles. The van der Waals surface area contributed by atoms with E-state index in [9.17, 15) is 19.2 Å². The third kappa shape index (κ3) is 10.9. The van der Waals surface area contributed by atoms with Gasteiger partial charge in [-0.05, 0) is 113 Å². The maximum Gasteiger partial charge on any atom is 0.307 e. The van der Waals surface area contributed by atoms with Crippen molar-refractivity contribution in [3.8, 4) is 0 Å². The Morgan fingerprint density at radius 2 is 1.30 bits per heavy atom. The lowest BCUT2D eigenvalue weighted by atomic mass is 9.43. The Kier molecular flexibility index (Phi) is 16.0. The van der Waals surface area contributed by atoms with Gasteiger partial charge in [0.05, 0.1) is 25.7 Å². The number of ether oxygens (including phenoxy) is 2. The second kappa shape index (κ2) is 19.0. The summed E-state index contributed by atoms with van der Waals surface area (Å²) in [6.45, 7) is 16.4. The Hall–Kier alpha value is -0.980. The van der Waals surface area contributed by atoms with Crippen LogP contribution in [0.25, 0.3) is 0 Å². The van der Waals surface area contributed by atoms with Crippen LogP contribution in [0.4, 0.5) is 0 Å². The van der Waals surface area contributed by atoms with Gasteiger partial charge >= 0.3 is 23.9 Å². The maximum absolute atomic E-state index is 12.9. The molecule has 0 aromatic carbocycles. The Morgan fingerprint density at radius 1 is 0.717 bits per heavy atom. The molecule has 302 valence electrons. The van der Waals surface area contributed by atoms with Crippen molar-refractivity contribution in [3.63, 3.8) is 0 Å². The summed E-state index contributed by atoms with van der Waals surface area (Å²) in [6, 6.07) is 0. The van der Waals surface area contributed by atoms with E-state index in [-0.39, 0.29) is 47.1 Å². The van der Waals surface area contributed by atoms with E-state index < -0.39 is 17.5 Å². The Morgan fingerprint density at radius 3 is 1.91 bits per heavy atom. The molecule has 5 unspecified atom stereocenters. The summed E-state index contributed by atoms with van der Waals surface area (Å²) in [5, 5.41) is 17.6. The van der Waals surface area contributed by atoms with Gasteiger partial charge in [0.15, 0.2) is 0 Å². The van der Waals surface area contributed by atoms with Crippen LogP contribution in [0.15, 0.2) is 11.1 Å². The summed E-state index contributed by atoms with van der Waals surface area (Å²) in [4.78, 5) is 46.8. The average molecular weight is 815 g/mol. The van der Waals surface area contributed by atoms with Crippen LogP contribution in [0.3, 0.4) is 0 Å². The molecule has 4 aliphatic carbocycles. The number of carbonyl (C=O) groups is 4. The molecule has 0 amide bonds. The molecule has 6 atom stereocenters. The van der Waals surface area contributed by atoms with Gasteiger partial charge in [-0.3, -0.25) is 19.2 Å². The first-order chi connectivity index (χ1) is 24.9. The molecule has 0 saturated heterocycles. The Bertz CT molecular complexity index is 1350. The standard InChI is InChI=1S/C41H66O8S4/c1-37(2,49-36(47)19-27-53-51-25-17-34(44)45)20-9-8-10-28-13-22-41(7)30-11-12-31-38(3,4)32(48-35(46)18-26-52-50-24-16-33(42)43)15-21-39(31,5)29(30)14-23-40(28,41)6/h28,31-32H,8-27H2,1-7H3,(H,42,43)(H,44,45)/t28?,31?,32?,39?,40?,41-/m0/s1. The molecule has 4 aliphatic rings. The predicted octanol–water partition coefficient (Wildman–Crippen LogP) is 11.0. The predicted molar refractivity (Wildman–Crippen MR) is 221 cm³/mol. The minimum atomic E-state index is -0.796. The molecule has 0 aromatic rings. The molecule has 2 saturated carbocycles. The second-order valence-electron chi connectivity index (χ2n) is 17.8. The number of carboxylic acids is 2. The first-order valence-corrected chi connectivity index (χ1v) is 24.9. The monoisotopic (exact) mass is 814 g/mol. The highest BCUT2D eigenvalue weighted by Gasteiger charge is 2.63. The highest BCUT2D eigenvalue weighted by Crippen LogP contribution is 2.72. The van der Waals surface area contributed by atoms with Gasteiger partial charge in [0.2, 0.25) is 0 Å². The Balaban J connectivity index is 1.27. The molecule has 0 radical (unpaired) electrons. The van der Waals surface area contributed by atoms with Crippen LogP contribution >= 0.6 is 43.2 Å². The Labute approximate surface area is 334 Å². The van der Waals surface area contributed by atoms with E-state index in [0.717, 1.165) is 44.9 Å². The van der Waals surface area contributed by atoms with Gasteiger partial charge in [0.25, 0.3) is 0 Å². The fourth-order valence-corrected chi connectivity index (χ4v) is 14.7. The van der Waals surface area contributed by atoms with E-state index in [4.69, 9.17) is 19.7 Å². The maximum atomic E-state index is 12.9. The molecule has 0 spiro atoms. The highest BCUT2D eigenvalue weighted by molar-refractivity contribution is 8.77. The number of carboxylic acid groups (broad SMARTS) is 2. The summed E-state index contributed by atoms with van der Waals surface area (Å²) in [5.74, 6) is 1.64. The van der Waals surface area contributed by atoms with Gasteiger partial charge in [-0.1, -0.05) is 95.4 Å². The van der Waals surface area contributed by atoms with Gasteiger partial charge in [-0.2, -0.15) is 0 Å². The second-order valence-corrected chi connectivity index (χ2v) is 23.2. The average Bonchev–Trinajstić information content (AvgIpc) is 3.33. The zero-order chi connectivity index (χ0) is 39.1. The molecule has 12 heteroatoms. The number of aliphatic carboxylic acids is 2. The number of carbonyl (C=O) groups excluding carboxylic acids is 2. The lowest BCUT2D eigenvalue weighted by molar-refractivity contribution is -0.169. The van der Waals surface area contributed by atoms with E-state index >= 15 is 0 Å². The number of rotatable bonds is 21. The number of hydrogen-bond acceptors (Lipinski definition) is 10. The molecular formula is C41H66O8S4. The van der Waals surface area contributed by atoms with Crippen LogP contribution in [0.5, 0.6) is 0 Å². The van der Waals surface area contributed by atoms with Gasteiger partial charge < -0.3 is 19.7 Å². The lowest BCUT2D eigenvalue weighted by Gasteiger charge is -2.62. The smallest absolute Gasteiger partial charge is 0.307 e. The van der Waals surface area contributed by atoms with Crippen LogP contribution in [-0.2, 0) is 28.7 Å². The number of unbranched alkanes of at least 4 members (excludes halogenated alkanes) is 1.